The predicted octanol–water partition coefficient (Wildman–Crippen LogP) is 2.73. The van der Waals surface area contributed by atoms with Gasteiger partial charge in [0.05, 0.1) is 22.5 Å². The minimum absolute atomic E-state index is 0.104. The SMILES string of the molecule is Cc1ccc(C)c(-c2c(C(=O)O)c(C)nc(C)c2C(=O)N2CCNCC2)c1. The molecule has 2 aromatic rings. The molecule has 0 unspecified atom stereocenters. The van der Waals surface area contributed by atoms with E-state index < -0.39 is 5.97 Å². The highest BCUT2D eigenvalue weighted by molar-refractivity contribution is 6.08. The number of hydrogen-bond donors (Lipinski definition) is 2. The van der Waals surface area contributed by atoms with Crippen LogP contribution in [0.4, 0.5) is 0 Å². The zero-order valence-corrected chi connectivity index (χ0v) is 16.2. The van der Waals surface area contributed by atoms with E-state index in [-0.39, 0.29) is 11.5 Å². The zero-order chi connectivity index (χ0) is 19.7. The van der Waals surface area contributed by atoms with E-state index in [4.69, 9.17) is 0 Å². The predicted molar refractivity (Wildman–Crippen MR) is 104 cm³/mol. The van der Waals surface area contributed by atoms with Crippen LogP contribution in [0.3, 0.4) is 0 Å². The van der Waals surface area contributed by atoms with Gasteiger partial charge in [0, 0.05) is 31.7 Å². The van der Waals surface area contributed by atoms with Crippen LogP contribution in [0.15, 0.2) is 18.2 Å². The van der Waals surface area contributed by atoms with Crippen molar-refractivity contribution >= 4 is 11.9 Å². The number of piperazine rings is 1. The molecule has 0 atom stereocenters. The van der Waals surface area contributed by atoms with E-state index in [0.717, 1.165) is 29.8 Å². The Morgan fingerprint density at radius 2 is 1.67 bits per heavy atom. The van der Waals surface area contributed by atoms with Crippen molar-refractivity contribution in [3.8, 4) is 11.1 Å². The van der Waals surface area contributed by atoms with Crippen molar-refractivity contribution in [3.63, 3.8) is 0 Å². The first-order chi connectivity index (χ1) is 12.8. The maximum atomic E-state index is 13.4. The summed E-state index contributed by atoms with van der Waals surface area (Å²) in [6.45, 7) is 10.0. The van der Waals surface area contributed by atoms with Gasteiger partial charge in [0.2, 0.25) is 0 Å². The highest BCUT2D eigenvalue weighted by Gasteiger charge is 2.29. The molecule has 1 aliphatic heterocycles. The lowest BCUT2D eigenvalue weighted by molar-refractivity contribution is 0.0696. The lowest BCUT2D eigenvalue weighted by Gasteiger charge is -2.29. The second kappa shape index (κ2) is 7.48. The van der Waals surface area contributed by atoms with Crippen molar-refractivity contribution < 1.29 is 14.7 Å². The van der Waals surface area contributed by atoms with E-state index >= 15 is 0 Å². The number of nitrogens with zero attached hydrogens (tertiary/aromatic N) is 2. The average molecular weight is 367 g/mol. The number of aromatic carboxylic acids is 1. The first kappa shape index (κ1) is 19.0. The van der Waals surface area contributed by atoms with Gasteiger partial charge in [0.15, 0.2) is 0 Å². The molecule has 1 aliphatic rings. The highest BCUT2D eigenvalue weighted by Crippen LogP contribution is 2.35. The van der Waals surface area contributed by atoms with Crippen molar-refractivity contribution in [2.24, 2.45) is 0 Å². The Hall–Kier alpha value is -2.73. The molecule has 0 spiro atoms. The van der Waals surface area contributed by atoms with Crippen molar-refractivity contribution in [3.05, 3.63) is 51.8 Å². The Morgan fingerprint density at radius 3 is 2.30 bits per heavy atom. The van der Waals surface area contributed by atoms with Gasteiger partial charge in [-0.2, -0.15) is 0 Å². The molecule has 0 saturated carbocycles. The monoisotopic (exact) mass is 367 g/mol. The minimum atomic E-state index is -1.06. The fraction of sp³-hybridized carbons (Fsp3) is 0.381. The summed E-state index contributed by atoms with van der Waals surface area (Å²) in [6, 6.07) is 5.89. The molecule has 3 rings (SSSR count). The number of carboxylic acids is 1. The van der Waals surface area contributed by atoms with Crippen LogP contribution in [0.1, 0.15) is 43.2 Å². The number of nitrogens with one attached hydrogen (secondary N) is 1. The van der Waals surface area contributed by atoms with Crippen molar-refractivity contribution in [1.82, 2.24) is 15.2 Å². The van der Waals surface area contributed by atoms with Gasteiger partial charge in [-0.05, 0) is 38.8 Å². The van der Waals surface area contributed by atoms with Gasteiger partial charge >= 0.3 is 5.97 Å². The standard InChI is InChI=1S/C21H25N3O3/c1-12-5-6-13(2)16(11-12)19-17(20(25)24-9-7-22-8-10-24)14(3)23-15(4)18(19)21(26)27/h5-6,11,22H,7-10H2,1-4H3,(H,26,27). The van der Waals surface area contributed by atoms with Crippen LogP contribution >= 0.6 is 0 Å². The van der Waals surface area contributed by atoms with E-state index in [9.17, 15) is 14.7 Å². The number of pyridine rings is 1. The third-order valence-electron chi connectivity index (χ3n) is 5.05. The molecule has 0 radical (unpaired) electrons. The quantitative estimate of drug-likeness (QED) is 0.872. The van der Waals surface area contributed by atoms with Gasteiger partial charge in [0.25, 0.3) is 5.91 Å². The van der Waals surface area contributed by atoms with Gasteiger partial charge in [-0.3, -0.25) is 9.78 Å². The molecule has 0 aliphatic carbocycles. The summed E-state index contributed by atoms with van der Waals surface area (Å²) in [5.41, 5.74) is 4.70. The van der Waals surface area contributed by atoms with Crippen LogP contribution in [-0.2, 0) is 0 Å². The molecule has 27 heavy (non-hydrogen) atoms. The summed E-state index contributed by atoms with van der Waals surface area (Å²) in [6.07, 6.45) is 0. The Morgan fingerprint density at radius 1 is 1.04 bits per heavy atom. The summed E-state index contributed by atoms with van der Waals surface area (Å²) in [5.74, 6) is -1.22. The van der Waals surface area contributed by atoms with Crippen LogP contribution in [0.5, 0.6) is 0 Å². The smallest absolute Gasteiger partial charge is 0.338 e. The molecule has 1 saturated heterocycles. The Bertz CT molecular complexity index is 915. The van der Waals surface area contributed by atoms with E-state index in [1.54, 1.807) is 18.7 Å². The normalized spacial score (nSPS) is 14.3. The van der Waals surface area contributed by atoms with Crippen LogP contribution in [0.25, 0.3) is 11.1 Å². The summed E-state index contributed by atoms with van der Waals surface area (Å²) in [7, 11) is 0. The van der Waals surface area contributed by atoms with E-state index in [1.165, 1.54) is 0 Å². The molecule has 6 heteroatoms. The average Bonchev–Trinajstić information content (AvgIpc) is 2.63. The van der Waals surface area contributed by atoms with Gasteiger partial charge < -0.3 is 15.3 Å². The molecule has 142 valence electrons. The lowest BCUT2D eigenvalue weighted by Crippen LogP contribution is -2.46. The number of aryl methyl sites for hydroxylation is 4. The molecule has 1 amide bonds. The Kier molecular flexibility index (Phi) is 5.28. The topological polar surface area (TPSA) is 82.5 Å². The molecule has 2 N–H and O–H groups in total. The maximum absolute atomic E-state index is 13.4. The molecular formula is C21H25N3O3. The number of carboxylic acid groups (broad SMARTS) is 1. The second-order valence-corrected chi connectivity index (χ2v) is 7.07. The lowest BCUT2D eigenvalue weighted by atomic mass is 9.88. The van der Waals surface area contributed by atoms with E-state index in [0.29, 0.717) is 35.6 Å². The number of carbonyl (C=O) groups is 2. The summed E-state index contributed by atoms with van der Waals surface area (Å²) < 4.78 is 0. The first-order valence-electron chi connectivity index (χ1n) is 9.13. The third kappa shape index (κ3) is 3.57. The molecule has 1 aromatic heterocycles. The van der Waals surface area contributed by atoms with Crippen molar-refractivity contribution in [2.75, 3.05) is 26.2 Å². The van der Waals surface area contributed by atoms with E-state index in [2.05, 4.69) is 10.3 Å². The van der Waals surface area contributed by atoms with Crippen LogP contribution in [-0.4, -0.2) is 53.0 Å². The number of carbonyl (C=O) groups excluding carboxylic acids is 1. The van der Waals surface area contributed by atoms with Gasteiger partial charge in [-0.15, -0.1) is 0 Å². The fourth-order valence-corrected chi connectivity index (χ4v) is 3.67. The second-order valence-electron chi connectivity index (χ2n) is 7.07. The zero-order valence-electron chi connectivity index (χ0n) is 16.2. The Balaban J connectivity index is 2.32. The first-order valence-corrected chi connectivity index (χ1v) is 9.13. The molecule has 0 bridgehead atoms. The largest absolute Gasteiger partial charge is 0.478 e. The number of benzene rings is 1. The summed E-state index contributed by atoms with van der Waals surface area (Å²) in [5, 5.41) is 13.1. The molecule has 1 fully saturated rings. The van der Waals surface area contributed by atoms with Gasteiger partial charge in [0.1, 0.15) is 0 Å². The molecule has 1 aromatic carbocycles. The number of amides is 1. The van der Waals surface area contributed by atoms with Gasteiger partial charge in [-0.1, -0.05) is 23.8 Å². The third-order valence-corrected chi connectivity index (χ3v) is 5.05. The van der Waals surface area contributed by atoms with Crippen LogP contribution in [0.2, 0.25) is 0 Å². The summed E-state index contributed by atoms with van der Waals surface area (Å²) in [4.78, 5) is 31.6. The summed E-state index contributed by atoms with van der Waals surface area (Å²) >= 11 is 0. The molecular weight excluding hydrogens is 342 g/mol. The number of hydrogen-bond acceptors (Lipinski definition) is 4. The highest BCUT2D eigenvalue weighted by atomic mass is 16.4. The van der Waals surface area contributed by atoms with Crippen LogP contribution in [0, 0.1) is 27.7 Å². The van der Waals surface area contributed by atoms with Crippen molar-refractivity contribution in [1.29, 1.82) is 0 Å². The fourth-order valence-electron chi connectivity index (χ4n) is 3.67. The van der Waals surface area contributed by atoms with Crippen LogP contribution < -0.4 is 5.32 Å². The number of aromatic nitrogens is 1. The van der Waals surface area contributed by atoms with E-state index in [1.807, 2.05) is 32.0 Å². The maximum Gasteiger partial charge on any atom is 0.338 e. The molecule has 6 nitrogen and oxygen atoms in total. The molecule has 2 heterocycles. The van der Waals surface area contributed by atoms with Gasteiger partial charge in [-0.25, -0.2) is 4.79 Å². The Labute approximate surface area is 159 Å². The van der Waals surface area contributed by atoms with Crippen molar-refractivity contribution in [2.45, 2.75) is 27.7 Å². The number of rotatable bonds is 3. The minimum Gasteiger partial charge on any atom is -0.478 e.